The van der Waals surface area contributed by atoms with Crippen LogP contribution in [-0.2, 0) is 12.8 Å². The first-order valence-corrected chi connectivity index (χ1v) is 9.54. The number of hydrogen-bond donors (Lipinski definition) is 1. The van der Waals surface area contributed by atoms with E-state index >= 15 is 0 Å². The first-order valence-electron chi connectivity index (χ1n) is 9.16. The molecule has 1 N–H and O–H groups in total. The van der Waals surface area contributed by atoms with Crippen LogP contribution < -0.4 is 0 Å². The van der Waals surface area contributed by atoms with Crippen molar-refractivity contribution in [1.29, 1.82) is 0 Å². The predicted octanol–water partition coefficient (Wildman–Crippen LogP) is 6.81. The molecule has 0 radical (unpaired) electrons. The van der Waals surface area contributed by atoms with Crippen molar-refractivity contribution < 1.29 is 4.39 Å². The van der Waals surface area contributed by atoms with Gasteiger partial charge in [-0.1, -0.05) is 43.6 Å². The summed E-state index contributed by atoms with van der Waals surface area (Å²) in [6, 6.07) is 17.5. The lowest BCUT2D eigenvalue weighted by Crippen LogP contribution is -1.89. The molecule has 0 fully saturated rings. The second-order valence-electron chi connectivity index (χ2n) is 6.65. The molecule has 2 nitrogen and oxygen atoms in total. The number of H-pyrrole nitrogens is 1. The van der Waals surface area contributed by atoms with Crippen LogP contribution in [0.2, 0.25) is 5.02 Å². The molecule has 0 saturated carbocycles. The number of fused-ring (bicyclic) bond motifs is 1. The number of rotatable bonds is 4. The molecule has 0 aliphatic carbocycles. The summed E-state index contributed by atoms with van der Waals surface area (Å²) in [5.41, 5.74) is 6.70. The van der Waals surface area contributed by atoms with Crippen LogP contribution in [0.4, 0.5) is 4.39 Å². The second-order valence-corrected chi connectivity index (χ2v) is 7.06. The Balaban J connectivity index is 1.77. The molecule has 0 aliphatic heterocycles. The molecule has 0 spiro atoms. The predicted molar refractivity (Wildman–Crippen MR) is 111 cm³/mol. The summed E-state index contributed by atoms with van der Waals surface area (Å²) in [5.74, 6) is -0.171. The number of nitrogens with zero attached hydrogens (tertiary/aromatic N) is 1. The Morgan fingerprint density at radius 1 is 0.852 bits per heavy atom. The number of hydrogen-bond acceptors (Lipinski definition) is 1. The zero-order chi connectivity index (χ0) is 19.0. The summed E-state index contributed by atoms with van der Waals surface area (Å²) in [6.45, 7) is 4.05. The van der Waals surface area contributed by atoms with E-state index in [9.17, 15) is 4.39 Å². The van der Waals surface area contributed by atoms with E-state index in [4.69, 9.17) is 11.6 Å². The molecular weight excluding hydrogens is 359 g/mol. The fourth-order valence-electron chi connectivity index (χ4n) is 3.43. The van der Waals surface area contributed by atoms with E-state index in [1.54, 1.807) is 6.07 Å². The average molecular weight is 379 g/mol. The van der Waals surface area contributed by atoms with Crippen molar-refractivity contribution in [2.45, 2.75) is 26.7 Å². The van der Waals surface area contributed by atoms with Crippen molar-refractivity contribution in [1.82, 2.24) is 10.2 Å². The van der Waals surface area contributed by atoms with Gasteiger partial charge >= 0.3 is 0 Å². The van der Waals surface area contributed by atoms with Gasteiger partial charge in [0.05, 0.1) is 11.2 Å². The fourth-order valence-corrected chi connectivity index (χ4v) is 3.74. The number of aromatic amines is 1. The number of aromatic nitrogens is 2. The van der Waals surface area contributed by atoms with E-state index < -0.39 is 0 Å². The first-order chi connectivity index (χ1) is 13.1. The van der Waals surface area contributed by atoms with E-state index in [0.29, 0.717) is 12.0 Å². The molecule has 4 rings (SSSR count). The Hall–Kier alpha value is -2.65. The lowest BCUT2D eigenvalue weighted by Gasteiger charge is -2.07. The van der Waals surface area contributed by atoms with Gasteiger partial charge < -0.3 is 0 Å². The molecule has 1 heterocycles. The molecule has 0 atom stereocenters. The number of halogens is 2. The van der Waals surface area contributed by atoms with Gasteiger partial charge in [-0.2, -0.15) is 5.10 Å². The average Bonchev–Trinajstić information content (AvgIpc) is 3.11. The van der Waals surface area contributed by atoms with Gasteiger partial charge in [0.15, 0.2) is 0 Å². The zero-order valence-corrected chi connectivity index (χ0v) is 16.1. The largest absolute Gasteiger partial charge is 0.277 e. The van der Waals surface area contributed by atoms with Gasteiger partial charge in [-0.3, -0.25) is 5.10 Å². The molecule has 1 aromatic heterocycles. The Morgan fingerprint density at radius 2 is 1.56 bits per heavy atom. The van der Waals surface area contributed by atoms with Crippen molar-refractivity contribution in [2.24, 2.45) is 0 Å². The minimum absolute atomic E-state index is 0.171. The highest BCUT2D eigenvalue weighted by Crippen LogP contribution is 2.32. The van der Waals surface area contributed by atoms with Gasteiger partial charge in [0.25, 0.3) is 0 Å². The topological polar surface area (TPSA) is 28.7 Å². The summed E-state index contributed by atoms with van der Waals surface area (Å²) in [6.07, 6.45) is 1.57. The van der Waals surface area contributed by atoms with Crippen molar-refractivity contribution in [3.63, 3.8) is 0 Å². The lowest BCUT2D eigenvalue weighted by molar-refractivity contribution is 0.612. The Bertz CT molecular complexity index is 1130. The lowest BCUT2D eigenvalue weighted by atomic mass is 9.99. The van der Waals surface area contributed by atoms with Crippen LogP contribution >= 0.6 is 11.6 Å². The molecule has 0 saturated heterocycles. The van der Waals surface area contributed by atoms with Crippen molar-refractivity contribution >= 4 is 22.5 Å². The van der Waals surface area contributed by atoms with Gasteiger partial charge in [0, 0.05) is 16.0 Å². The third-order valence-corrected chi connectivity index (χ3v) is 5.38. The second kappa shape index (κ2) is 7.16. The standard InChI is InChI=1S/C23H20ClFN2/c1-3-14-5-6-16(12-20(14)24)17-7-9-19-22(13-17)26-27-23(19)18-8-10-21(25)15(4-2)11-18/h5-13H,3-4H2,1-2H3,(H,26,27). The van der Waals surface area contributed by atoms with E-state index in [2.05, 4.69) is 47.5 Å². The molecule has 0 bridgehead atoms. The highest BCUT2D eigenvalue weighted by molar-refractivity contribution is 6.31. The third kappa shape index (κ3) is 3.24. The quantitative estimate of drug-likeness (QED) is 0.415. The molecule has 0 unspecified atom stereocenters. The summed E-state index contributed by atoms with van der Waals surface area (Å²) in [7, 11) is 0. The van der Waals surface area contributed by atoms with E-state index in [0.717, 1.165) is 50.3 Å². The molecule has 136 valence electrons. The van der Waals surface area contributed by atoms with Crippen LogP contribution in [0.3, 0.4) is 0 Å². The molecular formula is C23H20ClFN2. The molecule has 27 heavy (non-hydrogen) atoms. The van der Waals surface area contributed by atoms with E-state index in [1.807, 2.05) is 19.1 Å². The minimum Gasteiger partial charge on any atom is -0.277 e. The maximum absolute atomic E-state index is 13.8. The molecule has 0 amide bonds. The first kappa shape index (κ1) is 17.7. The van der Waals surface area contributed by atoms with Crippen LogP contribution in [0.25, 0.3) is 33.3 Å². The van der Waals surface area contributed by atoms with Crippen LogP contribution in [0.1, 0.15) is 25.0 Å². The van der Waals surface area contributed by atoms with Crippen LogP contribution in [0, 0.1) is 5.82 Å². The molecule has 0 aliphatic rings. The maximum atomic E-state index is 13.8. The monoisotopic (exact) mass is 378 g/mol. The third-order valence-electron chi connectivity index (χ3n) is 5.03. The van der Waals surface area contributed by atoms with Crippen LogP contribution in [0.5, 0.6) is 0 Å². The highest BCUT2D eigenvalue weighted by atomic mass is 35.5. The number of benzene rings is 3. The molecule has 4 heteroatoms. The van der Waals surface area contributed by atoms with E-state index in [1.165, 1.54) is 6.07 Å². The van der Waals surface area contributed by atoms with Gasteiger partial charge in [-0.05, 0) is 71.5 Å². The van der Waals surface area contributed by atoms with Crippen LogP contribution in [-0.4, -0.2) is 10.2 Å². The van der Waals surface area contributed by atoms with Crippen molar-refractivity contribution in [3.05, 3.63) is 76.6 Å². The molecule has 4 aromatic rings. The van der Waals surface area contributed by atoms with E-state index in [-0.39, 0.29) is 5.82 Å². The summed E-state index contributed by atoms with van der Waals surface area (Å²) < 4.78 is 13.8. The van der Waals surface area contributed by atoms with Crippen molar-refractivity contribution in [2.75, 3.05) is 0 Å². The summed E-state index contributed by atoms with van der Waals surface area (Å²) in [5, 5.41) is 9.39. The zero-order valence-electron chi connectivity index (χ0n) is 15.3. The minimum atomic E-state index is -0.171. The number of aryl methyl sites for hydroxylation is 2. The van der Waals surface area contributed by atoms with Crippen LogP contribution in [0.15, 0.2) is 54.6 Å². The van der Waals surface area contributed by atoms with Gasteiger partial charge in [-0.25, -0.2) is 4.39 Å². The summed E-state index contributed by atoms with van der Waals surface area (Å²) in [4.78, 5) is 0. The Kier molecular flexibility index (Phi) is 4.71. The Labute approximate surface area is 163 Å². The van der Waals surface area contributed by atoms with Gasteiger partial charge in [0.2, 0.25) is 0 Å². The van der Waals surface area contributed by atoms with Gasteiger partial charge in [-0.15, -0.1) is 0 Å². The normalized spacial score (nSPS) is 11.3. The summed E-state index contributed by atoms with van der Waals surface area (Å²) >= 11 is 6.37. The Morgan fingerprint density at radius 3 is 2.30 bits per heavy atom. The fraction of sp³-hybridized carbons (Fsp3) is 0.174. The molecule has 3 aromatic carbocycles. The number of nitrogens with one attached hydrogen (secondary N) is 1. The highest BCUT2D eigenvalue weighted by Gasteiger charge is 2.12. The maximum Gasteiger partial charge on any atom is 0.126 e. The van der Waals surface area contributed by atoms with Gasteiger partial charge in [0.1, 0.15) is 5.82 Å². The smallest absolute Gasteiger partial charge is 0.126 e. The SMILES string of the molecule is CCc1cc(-c2n[nH]c3cc(-c4ccc(CC)c(Cl)c4)ccc23)ccc1F. The van der Waals surface area contributed by atoms with Crippen molar-refractivity contribution in [3.8, 4) is 22.4 Å².